The summed E-state index contributed by atoms with van der Waals surface area (Å²) in [6.45, 7) is 4.98. The number of aromatic nitrogens is 2. The Balaban J connectivity index is 1.74. The molecule has 0 aliphatic heterocycles. The van der Waals surface area contributed by atoms with Crippen LogP contribution >= 0.6 is 0 Å². The molecule has 0 spiro atoms. The second kappa shape index (κ2) is 7.51. The van der Waals surface area contributed by atoms with Gasteiger partial charge >= 0.3 is 0 Å². The molecule has 3 N–H and O–H groups in total. The quantitative estimate of drug-likeness (QED) is 0.478. The van der Waals surface area contributed by atoms with Crippen LogP contribution in [0, 0.1) is 19.7 Å². The fourth-order valence-corrected chi connectivity index (χ4v) is 2.96. The predicted molar refractivity (Wildman–Crippen MR) is 101 cm³/mol. The van der Waals surface area contributed by atoms with Gasteiger partial charge in [-0.25, -0.2) is 4.39 Å². The van der Waals surface area contributed by atoms with Crippen molar-refractivity contribution in [2.75, 3.05) is 0 Å². The minimum absolute atomic E-state index is 0.155. The molecule has 2 aromatic heterocycles. The second-order valence-corrected chi connectivity index (χ2v) is 6.36. The van der Waals surface area contributed by atoms with Crippen LogP contribution in [0.1, 0.15) is 49.5 Å². The van der Waals surface area contributed by atoms with E-state index in [4.69, 9.17) is 0 Å². The summed E-state index contributed by atoms with van der Waals surface area (Å²) < 4.78 is 15.0. The first kappa shape index (κ1) is 19.1. The fourth-order valence-electron chi connectivity index (χ4n) is 2.96. The van der Waals surface area contributed by atoms with Crippen LogP contribution in [-0.4, -0.2) is 27.1 Å². The van der Waals surface area contributed by atoms with Crippen molar-refractivity contribution in [2.24, 2.45) is 0 Å². The molecule has 7 nitrogen and oxygen atoms in total. The van der Waals surface area contributed by atoms with Crippen molar-refractivity contribution in [1.29, 1.82) is 0 Å². The molecule has 0 atom stereocenters. The van der Waals surface area contributed by atoms with Crippen LogP contribution < -0.4 is 10.9 Å². The number of benzene rings is 1. The molecule has 3 aromatic rings. The molecular weight excluding hydrogens is 363 g/mol. The van der Waals surface area contributed by atoms with Gasteiger partial charge in [0, 0.05) is 28.8 Å². The average Bonchev–Trinajstić information content (AvgIpc) is 3.26. The molecule has 2 heterocycles. The van der Waals surface area contributed by atoms with Crippen molar-refractivity contribution in [3.8, 4) is 5.69 Å². The SMILES string of the molecule is CC(=O)c1c[nH]c(C(=O)NNC(=O)c2cc(C)n(-c3ccc(F)cc3)c2C)c1. The molecule has 3 rings (SSSR count). The van der Waals surface area contributed by atoms with Crippen molar-refractivity contribution in [3.63, 3.8) is 0 Å². The number of hydrogen-bond acceptors (Lipinski definition) is 3. The van der Waals surface area contributed by atoms with Gasteiger partial charge in [0.15, 0.2) is 5.78 Å². The molecule has 8 heteroatoms. The molecule has 0 saturated carbocycles. The van der Waals surface area contributed by atoms with E-state index < -0.39 is 11.8 Å². The summed E-state index contributed by atoms with van der Waals surface area (Å²) in [6, 6.07) is 9.03. The first-order valence-corrected chi connectivity index (χ1v) is 8.53. The Kier molecular flexibility index (Phi) is 5.12. The minimum Gasteiger partial charge on any atom is -0.356 e. The first-order chi connectivity index (χ1) is 13.3. The average molecular weight is 382 g/mol. The number of aromatic amines is 1. The van der Waals surface area contributed by atoms with Crippen molar-refractivity contribution in [2.45, 2.75) is 20.8 Å². The maximum absolute atomic E-state index is 13.2. The summed E-state index contributed by atoms with van der Waals surface area (Å²) in [5.41, 5.74) is 7.74. The summed E-state index contributed by atoms with van der Waals surface area (Å²) in [7, 11) is 0. The number of nitrogens with one attached hydrogen (secondary N) is 3. The fraction of sp³-hybridized carbons (Fsp3) is 0.150. The number of hydrazine groups is 1. The lowest BCUT2D eigenvalue weighted by Crippen LogP contribution is -2.41. The number of rotatable bonds is 4. The van der Waals surface area contributed by atoms with Gasteiger partial charge in [0.2, 0.25) is 0 Å². The Labute approximate surface area is 160 Å². The van der Waals surface area contributed by atoms with E-state index in [0.29, 0.717) is 16.8 Å². The minimum atomic E-state index is -0.576. The molecule has 28 heavy (non-hydrogen) atoms. The van der Waals surface area contributed by atoms with E-state index in [1.807, 2.05) is 11.5 Å². The lowest BCUT2D eigenvalue weighted by atomic mass is 10.2. The van der Waals surface area contributed by atoms with E-state index in [-0.39, 0.29) is 17.3 Å². The Morgan fingerprint density at radius 1 is 1.00 bits per heavy atom. The van der Waals surface area contributed by atoms with Gasteiger partial charge in [0.05, 0.1) is 5.56 Å². The number of Topliss-reactive ketones (excluding diaryl/α,β-unsaturated/α-hetero) is 1. The highest BCUT2D eigenvalue weighted by Crippen LogP contribution is 2.21. The van der Waals surface area contributed by atoms with E-state index in [9.17, 15) is 18.8 Å². The van der Waals surface area contributed by atoms with E-state index in [1.54, 1.807) is 25.1 Å². The van der Waals surface area contributed by atoms with Gasteiger partial charge in [-0.2, -0.15) is 0 Å². The normalized spacial score (nSPS) is 10.6. The summed E-state index contributed by atoms with van der Waals surface area (Å²) in [5.74, 6) is -1.59. The van der Waals surface area contributed by atoms with Crippen LogP contribution in [-0.2, 0) is 0 Å². The van der Waals surface area contributed by atoms with Crippen LogP contribution in [0.2, 0.25) is 0 Å². The summed E-state index contributed by atoms with van der Waals surface area (Å²) >= 11 is 0. The van der Waals surface area contributed by atoms with Crippen LogP contribution in [0.5, 0.6) is 0 Å². The second-order valence-electron chi connectivity index (χ2n) is 6.36. The zero-order valence-corrected chi connectivity index (χ0v) is 15.6. The lowest BCUT2D eigenvalue weighted by Gasteiger charge is -2.10. The Bertz CT molecular complexity index is 1060. The zero-order valence-electron chi connectivity index (χ0n) is 15.6. The van der Waals surface area contributed by atoms with Gasteiger partial charge in [-0.3, -0.25) is 25.2 Å². The Morgan fingerprint density at radius 2 is 1.64 bits per heavy atom. The van der Waals surface area contributed by atoms with Gasteiger partial charge in [0.1, 0.15) is 11.5 Å². The topological polar surface area (TPSA) is 96.0 Å². The number of aryl methyl sites for hydroxylation is 1. The van der Waals surface area contributed by atoms with Gasteiger partial charge < -0.3 is 9.55 Å². The standard InChI is InChI=1S/C20H19FN4O3/c1-11-8-17(12(2)25(11)16-6-4-15(21)5-7-16)19(27)23-24-20(28)18-9-14(10-22-18)13(3)26/h4-10,22H,1-3H3,(H,23,27)(H,24,28). The number of halogens is 1. The van der Waals surface area contributed by atoms with Gasteiger partial charge in [-0.05, 0) is 57.2 Å². The number of H-pyrrole nitrogens is 1. The Morgan fingerprint density at radius 3 is 2.25 bits per heavy atom. The molecule has 0 fully saturated rings. The van der Waals surface area contributed by atoms with E-state index in [0.717, 1.165) is 11.4 Å². The summed E-state index contributed by atoms with van der Waals surface area (Å²) in [4.78, 5) is 38.6. The highest BCUT2D eigenvalue weighted by Gasteiger charge is 2.18. The highest BCUT2D eigenvalue weighted by molar-refractivity contribution is 6.01. The number of ketones is 1. The number of amides is 2. The first-order valence-electron chi connectivity index (χ1n) is 8.53. The molecule has 0 aliphatic carbocycles. The van der Waals surface area contributed by atoms with E-state index >= 15 is 0 Å². The van der Waals surface area contributed by atoms with E-state index in [1.165, 1.54) is 31.3 Å². The monoisotopic (exact) mass is 382 g/mol. The lowest BCUT2D eigenvalue weighted by molar-refractivity contribution is 0.0844. The number of hydrogen-bond donors (Lipinski definition) is 3. The number of nitrogens with zero attached hydrogens (tertiary/aromatic N) is 1. The maximum Gasteiger partial charge on any atom is 0.286 e. The van der Waals surface area contributed by atoms with Gasteiger partial charge in [0.25, 0.3) is 11.8 Å². The largest absolute Gasteiger partial charge is 0.356 e. The molecular formula is C20H19FN4O3. The van der Waals surface area contributed by atoms with Crippen molar-refractivity contribution in [1.82, 2.24) is 20.4 Å². The molecule has 0 aliphatic rings. The number of carbonyl (C=O) groups excluding carboxylic acids is 3. The van der Waals surface area contributed by atoms with Crippen molar-refractivity contribution < 1.29 is 18.8 Å². The molecule has 1 aromatic carbocycles. The third-order valence-electron chi connectivity index (χ3n) is 4.38. The molecule has 0 radical (unpaired) electrons. The van der Waals surface area contributed by atoms with Crippen LogP contribution in [0.3, 0.4) is 0 Å². The molecule has 0 saturated heterocycles. The third-order valence-corrected chi connectivity index (χ3v) is 4.38. The third kappa shape index (κ3) is 3.71. The summed E-state index contributed by atoms with van der Waals surface area (Å²) in [5, 5.41) is 0. The predicted octanol–water partition coefficient (Wildman–Crippen LogP) is 2.84. The van der Waals surface area contributed by atoms with Crippen LogP contribution in [0.15, 0.2) is 42.6 Å². The zero-order chi connectivity index (χ0) is 20.4. The van der Waals surface area contributed by atoms with Crippen molar-refractivity contribution in [3.05, 3.63) is 76.6 Å². The van der Waals surface area contributed by atoms with Crippen LogP contribution in [0.25, 0.3) is 5.69 Å². The molecule has 2 amide bonds. The highest BCUT2D eigenvalue weighted by atomic mass is 19.1. The van der Waals surface area contributed by atoms with E-state index in [2.05, 4.69) is 15.8 Å². The molecule has 144 valence electrons. The molecule has 0 unspecified atom stereocenters. The Hall–Kier alpha value is -3.68. The maximum atomic E-state index is 13.2. The van der Waals surface area contributed by atoms with Crippen LogP contribution in [0.4, 0.5) is 4.39 Å². The van der Waals surface area contributed by atoms with Gasteiger partial charge in [-0.15, -0.1) is 0 Å². The summed E-state index contributed by atoms with van der Waals surface area (Å²) in [6.07, 6.45) is 1.43. The molecule has 0 bridgehead atoms. The van der Waals surface area contributed by atoms with Crippen molar-refractivity contribution >= 4 is 17.6 Å². The number of carbonyl (C=O) groups is 3. The van der Waals surface area contributed by atoms with Gasteiger partial charge in [-0.1, -0.05) is 0 Å². The smallest absolute Gasteiger partial charge is 0.286 e.